The van der Waals surface area contributed by atoms with Crippen LogP contribution >= 0.6 is 7.60 Å². The van der Waals surface area contributed by atoms with Gasteiger partial charge in [-0.2, -0.15) is 0 Å². The molecule has 0 aromatic heterocycles. The van der Waals surface area contributed by atoms with Crippen LogP contribution in [0.2, 0.25) is 0 Å². The predicted octanol–water partition coefficient (Wildman–Crippen LogP) is 5.95. The van der Waals surface area contributed by atoms with E-state index in [4.69, 9.17) is 9.05 Å². The lowest BCUT2D eigenvalue weighted by Crippen LogP contribution is -2.18. The highest BCUT2D eigenvalue weighted by atomic mass is 32.2. The van der Waals surface area contributed by atoms with Gasteiger partial charge in [0.1, 0.15) is 0 Å². The van der Waals surface area contributed by atoms with E-state index >= 15 is 0 Å². The van der Waals surface area contributed by atoms with Crippen molar-refractivity contribution in [2.75, 3.05) is 23.7 Å². The molecule has 1 rings (SSSR count). The third-order valence-corrected chi connectivity index (χ3v) is 7.70. The average Bonchev–Trinajstić information content (AvgIpc) is 2.63. The average molecular weight is 434 g/mol. The number of benzene rings is 1. The number of nitrogens with one attached hydrogen (secondary N) is 1. The van der Waals surface area contributed by atoms with E-state index in [1.165, 1.54) is 19.3 Å². The Morgan fingerprint density at radius 2 is 1.46 bits per heavy atom. The van der Waals surface area contributed by atoms with Crippen molar-refractivity contribution in [2.24, 2.45) is 0 Å². The van der Waals surface area contributed by atoms with E-state index < -0.39 is 17.6 Å². The minimum absolute atomic E-state index is 0.0325. The molecule has 0 unspecified atom stereocenters. The molecule has 0 saturated heterocycles. The SMILES string of the molecule is CCCCCCCCCS(=O)(=O)Nc1ccccc1CP(=O)(OCC)OCC. The number of sulfonamides is 1. The highest BCUT2D eigenvalue weighted by Crippen LogP contribution is 2.52. The van der Waals surface area contributed by atoms with Gasteiger partial charge in [0.25, 0.3) is 0 Å². The van der Waals surface area contributed by atoms with Gasteiger partial charge in [-0.15, -0.1) is 0 Å². The summed E-state index contributed by atoms with van der Waals surface area (Å²) in [6, 6.07) is 6.96. The lowest BCUT2D eigenvalue weighted by atomic mass is 10.1. The summed E-state index contributed by atoms with van der Waals surface area (Å²) in [5.41, 5.74) is 1.04. The van der Waals surface area contributed by atoms with Gasteiger partial charge in [0, 0.05) is 0 Å². The lowest BCUT2D eigenvalue weighted by molar-refractivity contribution is 0.219. The Morgan fingerprint density at radius 1 is 0.893 bits per heavy atom. The first-order valence-corrected chi connectivity index (χ1v) is 13.7. The topological polar surface area (TPSA) is 81.7 Å². The van der Waals surface area contributed by atoms with Gasteiger partial charge in [-0.1, -0.05) is 63.6 Å². The molecule has 0 aliphatic carbocycles. The van der Waals surface area contributed by atoms with Crippen LogP contribution in [0.3, 0.4) is 0 Å². The summed E-state index contributed by atoms with van der Waals surface area (Å²) < 4.78 is 51.0. The zero-order valence-electron chi connectivity index (χ0n) is 17.5. The van der Waals surface area contributed by atoms with Crippen LogP contribution in [0, 0.1) is 0 Å². The van der Waals surface area contributed by atoms with Crippen LogP contribution in [0.4, 0.5) is 5.69 Å². The smallest absolute Gasteiger partial charge is 0.309 e. The molecule has 0 aliphatic heterocycles. The number of rotatable bonds is 16. The maximum Gasteiger partial charge on any atom is 0.335 e. The molecule has 0 fully saturated rings. The standard InChI is InChI=1S/C20H36NO5PS/c1-4-7-8-9-10-11-14-17-28(23,24)21-20-16-13-12-15-19(20)18-27(22,25-5-2)26-6-3/h12-13,15-16,21H,4-11,14,17-18H2,1-3H3. The predicted molar refractivity (Wildman–Crippen MR) is 116 cm³/mol. The zero-order chi connectivity index (χ0) is 20.9. The fraction of sp³-hybridized carbons (Fsp3) is 0.700. The molecule has 1 aromatic carbocycles. The van der Waals surface area contributed by atoms with Crippen LogP contribution in [0.15, 0.2) is 24.3 Å². The van der Waals surface area contributed by atoms with Crippen LogP contribution in [0.5, 0.6) is 0 Å². The molecule has 0 saturated carbocycles. The Bertz CT molecular complexity index is 698. The van der Waals surface area contributed by atoms with Crippen molar-refractivity contribution in [3.8, 4) is 0 Å². The molecule has 8 heteroatoms. The third kappa shape index (κ3) is 10.1. The Balaban J connectivity index is 2.67. The van der Waals surface area contributed by atoms with Crippen LogP contribution in [0.25, 0.3) is 0 Å². The first kappa shape index (κ1) is 25.2. The molecule has 0 heterocycles. The van der Waals surface area contributed by atoms with Gasteiger partial charge in [-0.25, -0.2) is 8.42 Å². The van der Waals surface area contributed by atoms with Crippen LogP contribution in [-0.4, -0.2) is 27.4 Å². The van der Waals surface area contributed by atoms with E-state index in [0.29, 0.717) is 17.7 Å². The van der Waals surface area contributed by atoms with Gasteiger partial charge in [-0.05, 0) is 31.9 Å². The Kier molecular flexibility index (Phi) is 12.0. The van der Waals surface area contributed by atoms with Gasteiger partial charge in [0.15, 0.2) is 0 Å². The van der Waals surface area contributed by atoms with Crippen molar-refractivity contribution < 1.29 is 22.0 Å². The van der Waals surface area contributed by atoms with Gasteiger partial charge in [-0.3, -0.25) is 9.29 Å². The first-order chi connectivity index (χ1) is 13.4. The monoisotopic (exact) mass is 433 g/mol. The maximum absolute atomic E-state index is 12.8. The molecular weight excluding hydrogens is 397 g/mol. The van der Waals surface area contributed by atoms with Crippen molar-refractivity contribution in [1.82, 2.24) is 0 Å². The van der Waals surface area contributed by atoms with Crippen molar-refractivity contribution in [3.05, 3.63) is 29.8 Å². The molecule has 0 radical (unpaired) electrons. The van der Waals surface area contributed by atoms with Crippen molar-refractivity contribution in [2.45, 2.75) is 71.9 Å². The van der Waals surface area contributed by atoms with Gasteiger partial charge in [0.05, 0.1) is 30.8 Å². The fourth-order valence-corrected chi connectivity index (χ4v) is 5.91. The normalized spacial score (nSPS) is 12.2. The molecule has 0 bridgehead atoms. The molecule has 0 atom stereocenters. The fourth-order valence-electron chi connectivity index (χ4n) is 2.96. The Hall–Kier alpha value is -0.880. The number of unbranched alkanes of at least 4 members (excludes halogenated alkanes) is 6. The van der Waals surface area contributed by atoms with Gasteiger partial charge >= 0.3 is 7.60 Å². The van der Waals surface area contributed by atoms with E-state index in [1.807, 2.05) is 0 Å². The van der Waals surface area contributed by atoms with Crippen LogP contribution in [0.1, 0.15) is 71.3 Å². The Labute approximate surface area is 171 Å². The molecular formula is C20H36NO5PS. The Morgan fingerprint density at radius 3 is 2.07 bits per heavy atom. The maximum atomic E-state index is 12.8. The number of hydrogen-bond acceptors (Lipinski definition) is 5. The van der Waals surface area contributed by atoms with E-state index in [0.717, 1.165) is 19.3 Å². The van der Waals surface area contributed by atoms with Crippen molar-refractivity contribution >= 4 is 23.3 Å². The number of hydrogen-bond donors (Lipinski definition) is 1. The molecule has 28 heavy (non-hydrogen) atoms. The number of para-hydroxylation sites is 1. The highest BCUT2D eigenvalue weighted by molar-refractivity contribution is 7.92. The molecule has 1 aromatic rings. The molecule has 0 amide bonds. The largest absolute Gasteiger partial charge is 0.335 e. The summed E-state index contributed by atoms with van der Waals surface area (Å²) in [7, 11) is -6.76. The van der Waals surface area contributed by atoms with E-state index in [1.54, 1.807) is 38.1 Å². The van der Waals surface area contributed by atoms with E-state index in [9.17, 15) is 13.0 Å². The van der Waals surface area contributed by atoms with Crippen molar-refractivity contribution in [3.63, 3.8) is 0 Å². The lowest BCUT2D eigenvalue weighted by Gasteiger charge is -2.19. The molecule has 6 nitrogen and oxygen atoms in total. The summed E-state index contributed by atoms with van der Waals surface area (Å²) in [5, 5.41) is 0. The van der Waals surface area contributed by atoms with Crippen LogP contribution < -0.4 is 4.72 Å². The second-order valence-electron chi connectivity index (χ2n) is 6.80. The number of anilines is 1. The molecule has 0 aliphatic rings. The quantitative estimate of drug-likeness (QED) is 0.257. The first-order valence-electron chi connectivity index (χ1n) is 10.3. The van der Waals surface area contributed by atoms with Gasteiger partial charge < -0.3 is 9.05 Å². The summed E-state index contributed by atoms with van der Waals surface area (Å²) in [6.45, 7) is 6.22. The summed E-state index contributed by atoms with van der Waals surface area (Å²) in [4.78, 5) is 0. The van der Waals surface area contributed by atoms with E-state index in [2.05, 4.69) is 11.6 Å². The zero-order valence-corrected chi connectivity index (χ0v) is 19.2. The second-order valence-corrected chi connectivity index (χ2v) is 10.7. The third-order valence-electron chi connectivity index (χ3n) is 4.32. The second kappa shape index (κ2) is 13.4. The van der Waals surface area contributed by atoms with E-state index in [-0.39, 0.29) is 25.1 Å². The summed E-state index contributed by atoms with van der Waals surface area (Å²) in [5.74, 6) is 0.0870. The molecule has 0 spiro atoms. The highest BCUT2D eigenvalue weighted by Gasteiger charge is 2.26. The molecule has 162 valence electrons. The minimum Gasteiger partial charge on any atom is -0.309 e. The minimum atomic E-state index is -3.46. The molecule has 1 N–H and O–H groups in total. The van der Waals surface area contributed by atoms with Crippen molar-refractivity contribution in [1.29, 1.82) is 0 Å². The van der Waals surface area contributed by atoms with Crippen LogP contribution in [-0.2, 0) is 29.8 Å². The van der Waals surface area contributed by atoms with Gasteiger partial charge in [0.2, 0.25) is 10.0 Å². The summed E-state index contributed by atoms with van der Waals surface area (Å²) in [6.07, 6.45) is 7.48. The summed E-state index contributed by atoms with van der Waals surface area (Å²) >= 11 is 0.